The largest absolute Gasteiger partial charge is 0.495 e. The van der Waals surface area contributed by atoms with Gasteiger partial charge in [0.15, 0.2) is 5.69 Å². The summed E-state index contributed by atoms with van der Waals surface area (Å²) in [5.74, 6) is 0.670. The molecule has 4 rings (SSSR count). The molecule has 0 atom stereocenters. The van der Waals surface area contributed by atoms with Gasteiger partial charge in [0.25, 0.3) is 0 Å². The normalized spacial score (nSPS) is 13.7. The fourth-order valence-electron chi connectivity index (χ4n) is 4.08. The van der Waals surface area contributed by atoms with Crippen LogP contribution >= 0.6 is 11.6 Å². The summed E-state index contributed by atoms with van der Waals surface area (Å²) < 4.78 is 5.26. The first-order chi connectivity index (χ1) is 14.5. The molecule has 6 heteroatoms. The third-order valence-electron chi connectivity index (χ3n) is 5.69. The fourth-order valence-corrected chi connectivity index (χ4v) is 4.36. The van der Waals surface area contributed by atoms with E-state index in [0.717, 1.165) is 59.3 Å². The highest BCUT2D eigenvalue weighted by molar-refractivity contribution is 6.32. The number of aromatic nitrogens is 1. The average molecular weight is 421 g/mol. The molecule has 0 amide bonds. The number of halogens is 1. The van der Waals surface area contributed by atoms with Crippen molar-refractivity contribution in [1.82, 2.24) is 9.88 Å². The molecule has 0 spiro atoms. The highest BCUT2D eigenvalue weighted by Gasteiger charge is 2.22. The van der Waals surface area contributed by atoms with Crippen LogP contribution in [-0.4, -0.2) is 30.6 Å². The van der Waals surface area contributed by atoms with Crippen LogP contribution in [-0.2, 0) is 25.9 Å². The zero-order valence-corrected chi connectivity index (χ0v) is 18.3. The van der Waals surface area contributed by atoms with E-state index in [2.05, 4.69) is 29.0 Å². The van der Waals surface area contributed by atoms with Crippen LogP contribution in [0.4, 0.5) is 11.4 Å². The number of pyridine rings is 1. The number of hydrogen-bond acceptors (Lipinski definition) is 4. The Morgan fingerprint density at radius 3 is 2.83 bits per heavy atom. The minimum Gasteiger partial charge on any atom is -0.495 e. The number of anilines is 1. The van der Waals surface area contributed by atoms with Gasteiger partial charge in [-0.25, -0.2) is 4.85 Å². The summed E-state index contributed by atoms with van der Waals surface area (Å²) in [6, 6.07) is 9.77. The number of likely N-dealkylation sites (N-methyl/N-ethyl adjacent to an activating group) is 1. The molecule has 0 saturated heterocycles. The van der Waals surface area contributed by atoms with E-state index in [4.69, 9.17) is 27.9 Å². The summed E-state index contributed by atoms with van der Waals surface area (Å²) in [5, 5.41) is 5.27. The number of benzene rings is 2. The Balaban J connectivity index is 1.82. The van der Waals surface area contributed by atoms with Crippen molar-refractivity contribution in [3.8, 4) is 5.75 Å². The molecule has 2 aromatic carbocycles. The molecular weight excluding hydrogens is 396 g/mol. The molecule has 0 bridgehead atoms. The number of hydrogen-bond donors (Lipinski definition) is 1. The van der Waals surface area contributed by atoms with Crippen molar-refractivity contribution < 1.29 is 4.74 Å². The lowest BCUT2D eigenvalue weighted by Gasteiger charge is -2.28. The van der Waals surface area contributed by atoms with Gasteiger partial charge in [-0.2, -0.15) is 0 Å². The van der Waals surface area contributed by atoms with Gasteiger partial charge in [-0.3, -0.25) is 4.98 Å². The number of rotatable bonds is 5. The number of nitrogens with one attached hydrogen (secondary N) is 1. The number of fused-ring (bicyclic) bond motifs is 2. The third-order valence-corrected chi connectivity index (χ3v) is 5.99. The molecule has 3 aromatic rings. The monoisotopic (exact) mass is 420 g/mol. The van der Waals surface area contributed by atoms with Gasteiger partial charge in [-0.05, 0) is 42.8 Å². The Morgan fingerprint density at radius 2 is 2.13 bits per heavy atom. The number of nitrogens with zero attached hydrogens (tertiary/aromatic N) is 3. The van der Waals surface area contributed by atoms with Crippen LogP contribution in [0, 0.1) is 6.57 Å². The van der Waals surface area contributed by atoms with Crippen molar-refractivity contribution in [3.05, 3.63) is 69.2 Å². The molecule has 1 aliphatic heterocycles. The quantitative estimate of drug-likeness (QED) is 0.545. The van der Waals surface area contributed by atoms with Gasteiger partial charge < -0.3 is 15.0 Å². The van der Waals surface area contributed by atoms with E-state index in [0.29, 0.717) is 23.0 Å². The molecule has 154 valence electrons. The van der Waals surface area contributed by atoms with E-state index < -0.39 is 0 Å². The van der Waals surface area contributed by atoms with E-state index in [-0.39, 0.29) is 0 Å². The topological polar surface area (TPSA) is 41.8 Å². The van der Waals surface area contributed by atoms with Crippen LogP contribution in [0.3, 0.4) is 0 Å². The maximum Gasteiger partial charge on any atom is 0.188 e. The molecule has 2 heterocycles. The zero-order valence-electron chi connectivity index (χ0n) is 17.6. The first-order valence-electron chi connectivity index (χ1n) is 10.1. The second-order valence-corrected chi connectivity index (χ2v) is 8.10. The zero-order chi connectivity index (χ0) is 21.3. The van der Waals surface area contributed by atoms with Crippen LogP contribution in [0.25, 0.3) is 15.7 Å². The van der Waals surface area contributed by atoms with Gasteiger partial charge in [0, 0.05) is 48.4 Å². The summed E-state index contributed by atoms with van der Waals surface area (Å²) in [4.78, 5) is 11.1. The van der Waals surface area contributed by atoms with E-state index >= 15 is 0 Å². The minimum absolute atomic E-state index is 0.599. The smallest absolute Gasteiger partial charge is 0.188 e. The van der Waals surface area contributed by atoms with E-state index in [1.54, 1.807) is 7.11 Å². The molecule has 0 unspecified atom stereocenters. The Morgan fingerprint density at radius 1 is 1.30 bits per heavy atom. The maximum absolute atomic E-state index is 7.53. The lowest BCUT2D eigenvalue weighted by Crippen LogP contribution is -2.28. The van der Waals surface area contributed by atoms with Crippen LogP contribution in [0.1, 0.15) is 29.3 Å². The predicted molar refractivity (Wildman–Crippen MR) is 123 cm³/mol. The highest BCUT2D eigenvalue weighted by Crippen LogP contribution is 2.37. The molecule has 0 fully saturated rings. The molecule has 0 radical (unpaired) electrons. The SMILES string of the molecule is [C-]#[N+]c1cc(CC)c2nc3c(c(NCc4ccc(OC)c(Cl)c4)c2c1)CN(C)CC3. The first kappa shape index (κ1) is 20.5. The molecule has 5 nitrogen and oxygen atoms in total. The molecule has 0 aliphatic carbocycles. The molecule has 0 saturated carbocycles. The number of methoxy groups -OCH3 is 1. The molecule has 30 heavy (non-hydrogen) atoms. The predicted octanol–water partition coefficient (Wildman–Crippen LogP) is 5.61. The molecular formula is C24H25ClN4O. The van der Waals surface area contributed by atoms with E-state index in [9.17, 15) is 0 Å². The third kappa shape index (κ3) is 3.81. The van der Waals surface area contributed by atoms with Crippen molar-refractivity contribution in [1.29, 1.82) is 0 Å². The Labute approximate surface area is 182 Å². The van der Waals surface area contributed by atoms with Gasteiger partial charge in [-0.15, -0.1) is 0 Å². The van der Waals surface area contributed by atoms with E-state index in [1.807, 2.05) is 30.3 Å². The lowest BCUT2D eigenvalue weighted by atomic mass is 9.97. The summed E-state index contributed by atoms with van der Waals surface area (Å²) in [6.45, 7) is 12.1. The standard InChI is InChI=1S/C24H25ClN4O/c1-5-16-11-17(26-2)12-18-23(16)28-21-8-9-29(3)14-19(21)24(18)27-13-15-6-7-22(30-4)20(25)10-15/h6-7,10-12H,5,8-9,13-14H2,1,3-4H3,(H,27,28). The van der Waals surface area contributed by atoms with Crippen LogP contribution < -0.4 is 10.1 Å². The molecule has 1 aliphatic rings. The number of ether oxygens (including phenoxy) is 1. The van der Waals surface area contributed by atoms with Crippen LogP contribution in [0.15, 0.2) is 30.3 Å². The van der Waals surface area contributed by atoms with Gasteiger partial charge >= 0.3 is 0 Å². The summed E-state index contributed by atoms with van der Waals surface area (Å²) >= 11 is 6.32. The van der Waals surface area contributed by atoms with E-state index in [1.165, 1.54) is 5.56 Å². The minimum atomic E-state index is 0.599. The Bertz CT molecular complexity index is 1150. The van der Waals surface area contributed by atoms with Gasteiger partial charge in [0.1, 0.15) is 5.75 Å². The second-order valence-electron chi connectivity index (χ2n) is 7.69. The summed E-state index contributed by atoms with van der Waals surface area (Å²) in [7, 11) is 3.75. The lowest BCUT2D eigenvalue weighted by molar-refractivity contribution is 0.311. The van der Waals surface area contributed by atoms with Crippen LogP contribution in [0.5, 0.6) is 5.75 Å². The van der Waals surface area contributed by atoms with Gasteiger partial charge in [0.2, 0.25) is 0 Å². The number of aryl methyl sites for hydroxylation is 1. The van der Waals surface area contributed by atoms with Crippen molar-refractivity contribution in [2.45, 2.75) is 32.9 Å². The average Bonchev–Trinajstić information content (AvgIpc) is 2.76. The van der Waals surface area contributed by atoms with Crippen molar-refractivity contribution in [2.75, 3.05) is 26.0 Å². The van der Waals surface area contributed by atoms with Crippen molar-refractivity contribution >= 4 is 33.9 Å². The van der Waals surface area contributed by atoms with Gasteiger partial charge in [-0.1, -0.05) is 30.7 Å². The molecule has 1 aromatic heterocycles. The molecule has 1 N–H and O–H groups in total. The van der Waals surface area contributed by atoms with Crippen molar-refractivity contribution in [2.24, 2.45) is 0 Å². The van der Waals surface area contributed by atoms with Gasteiger partial charge in [0.05, 0.1) is 24.2 Å². The summed E-state index contributed by atoms with van der Waals surface area (Å²) in [5.41, 5.74) is 7.30. The highest BCUT2D eigenvalue weighted by atomic mass is 35.5. The maximum atomic E-state index is 7.53. The second kappa shape index (κ2) is 8.51. The fraction of sp³-hybridized carbons (Fsp3) is 0.333. The summed E-state index contributed by atoms with van der Waals surface area (Å²) in [6.07, 6.45) is 1.78. The first-order valence-corrected chi connectivity index (χ1v) is 10.5. The Kier molecular flexibility index (Phi) is 5.80. The Hall–Kier alpha value is -2.81. The van der Waals surface area contributed by atoms with Crippen molar-refractivity contribution in [3.63, 3.8) is 0 Å². The van der Waals surface area contributed by atoms with Crippen LogP contribution in [0.2, 0.25) is 5.02 Å².